The molecule has 1 aromatic rings. The molecule has 0 spiro atoms. The molecule has 1 unspecified atom stereocenters. The Kier molecular flexibility index (Phi) is 2.32. The second kappa shape index (κ2) is 3.33. The Labute approximate surface area is 86.4 Å². The molecule has 13 heavy (non-hydrogen) atoms. The quantitative estimate of drug-likeness (QED) is 0.868. The average molecular weight is 244 g/mol. The number of hydrogen-bond acceptors (Lipinski definition) is 2. The third-order valence-electron chi connectivity index (χ3n) is 3.00. The van der Waals surface area contributed by atoms with Gasteiger partial charge in [-0.25, -0.2) is 4.68 Å². The van der Waals surface area contributed by atoms with Crippen molar-refractivity contribution in [3.63, 3.8) is 0 Å². The van der Waals surface area contributed by atoms with Crippen molar-refractivity contribution in [2.24, 2.45) is 5.92 Å². The van der Waals surface area contributed by atoms with Crippen LogP contribution in [0.1, 0.15) is 32.2 Å². The van der Waals surface area contributed by atoms with Crippen LogP contribution in [0.4, 0.5) is 5.82 Å². The molecule has 1 aliphatic carbocycles. The Hall–Kier alpha value is -0.510. The molecule has 1 aromatic heterocycles. The summed E-state index contributed by atoms with van der Waals surface area (Å²) in [6.07, 6.45) is 5.76. The van der Waals surface area contributed by atoms with E-state index in [1.54, 1.807) is 6.20 Å². The zero-order chi connectivity index (χ0) is 9.42. The largest absolute Gasteiger partial charge is 0.383 e. The lowest BCUT2D eigenvalue weighted by molar-refractivity contribution is 0.212. The Balaban J connectivity index is 2.18. The first-order valence-corrected chi connectivity index (χ1v) is 5.48. The number of nitrogens with zero attached hydrogens (tertiary/aromatic N) is 2. The molecule has 1 aliphatic rings. The third kappa shape index (κ3) is 1.47. The van der Waals surface area contributed by atoms with Crippen molar-refractivity contribution in [1.82, 2.24) is 9.78 Å². The first kappa shape index (κ1) is 9.06. The summed E-state index contributed by atoms with van der Waals surface area (Å²) in [4.78, 5) is 0. The molecule has 0 aliphatic heterocycles. The molecule has 0 radical (unpaired) electrons. The van der Waals surface area contributed by atoms with E-state index in [4.69, 9.17) is 5.73 Å². The summed E-state index contributed by atoms with van der Waals surface area (Å²) >= 11 is 3.37. The number of nitrogens with two attached hydrogens (primary N) is 1. The highest BCUT2D eigenvalue weighted by Crippen LogP contribution is 2.37. The van der Waals surface area contributed by atoms with Crippen LogP contribution in [0, 0.1) is 5.92 Å². The maximum absolute atomic E-state index is 5.87. The standard InChI is InChI=1S/C9H14BrN3/c1-6(7-3-2-4-7)13-9(11)8(10)5-12-13/h5-7H,2-4,11H2,1H3. The van der Waals surface area contributed by atoms with Gasteiger partial charge in [-0.15, -0.1) is 0 Å². The van der Waals surface area contributed by atoms with Gasteiger partial charge in [0, 0.05) is 0 Å². The molecule has 1 atom stereocenters. The molecule has 0 amide bonds. The Morgan fingerprint density at radius 2 is 2.38 bits per heavy atom. The van der Waals surface area contributed by atoms with Gasteiger partial charge < -0.3 is 5.73 Å². The first-order chi connectivity index (χ1) is 6.20. The van der Waals surface area contributed by atoms with E-state index in [1.165, 1.54) is 19.3 Å². The van der Waals surface area contributed by atoms with Gasteiger partial charge in [0.15, 0.2) is 0 Å². The van der Waals surface area contributed by atoms with Crippen LogP contribution in [-0.4, -0.2) is 9.78 Å². The molecule has 1 heterocycles. The summed E-state index contributed by atoms with van der Waals surface area (Å²) in [5.41, 5.74) is 5.87. The smallest absolute Gasteiger partial charge is 0.136 e. The summed E-state index contributed by atoms with van der Waals surface area (Å²) in [5, 5.41) is 4.26. The van der Waals surface area contributed by atoms with Crippen LogP contribution in [0.5, 0.6) is 0 Å². The lowest BCUT2D eigenvalue weighted by atomic mass is 9.80. The predicted molar refractivity (Wildman–Crippen MR) is 56.4 cm³/mol. The fourth-order valence-electron chi connectivity index (χ4n) is 1.80. The van der Waals surface area contributed by atoms with E-state index in [-0.39, 0.29) is 0 Å². The molecule has 2 N–H and O–H groups in total. The van der Waals surface area contributed by atoms with Crippen molar-refractivity contribution in [3.8, 4) is 0 Å². The zero-order valence-electron chi connectivity index (χ0n) is 7.70. The van der Waals surface area contributed by atoms with E-state index in [1.807, 2.05) is 4.68 Å². The van der Waals surface area contributed by atoms with E-state index in [2.05, 4.69) is 28.0 Å². The molecule has 1 saturated carbocycles. The van der Waals surface area contributed by atoms with Crippen LogP contribution in [0.15, 0.2) is 10.7 Å². The summed E-state index contributed by atoms with van der Waals surface area (Å²) in [6.45, 7) is 2.19. The summed E-state index contributed by atoms with van der Waals surface area (Å²) in [5.74, 6) is 1.52. The first-order valence-electron chi connectivity index (χ1n) is 4.68. The molecule has 0 aromatic carbocycles. The van der Waals surface area contributed by atoms with Crippen molar-refractivity contribution in [1.29, 1.82) is 0 Å². The van der Waals surface area contributed by atoms with Gasteiger partial charge in [-0.3, -0.25) is 0 Å². The molecule has 2 rings (SSSR count). The molecule has 3 nitrogen and oxygen atoms in total. The van der Waals surface area contributed by atoms with E-state index in [9.17, 15) is 0 Å². The highest BCUT2D eigenvalue weighted by Gasteiger charge is 2.26. The monoisotopic (exact) mass is 243 g/mol. The van der Waals surface area contributed by atoms with Crippen molar-refractivity contribution < 1.29 is 0 Å². The van der Waals surface area contributed by atoms with E-state index >= 15 is 0 Å². The number of aromatic nitrogens is 2. The number of halogens is 1. The van der Waals surface area contributed by atoms with Gasteiger partial charge in [0.05, 0.1) is 16.7 Å². The maximum Gasteiger partial charge on any atom is 0.136 e. The topological polar surface area (TPSA) is 43.8 Å². The van der Waals surface area contributed by atoms with Crippen molar-refractivity contribution in [3.05, 3.63) is 10.7 Å². The molecule has 0 bridgehead atoms. The van der Waals surface area contributed by atoms with E-state index < -0.39 is 0 Å². The second-order valence-electron chi connectivity index (χ2n) is 3.75. The summed E-state index contributed by atoms with van der Waals surface area (Å²) in [7, 11) is 0. The lowest BCUT2D eigenvalue weighted by Crippen LogP contribution is -2.24. The molecule has 0 saturated heterocycles. The number of rotatable bonds is 2. The summed E-state index contributed by atoms with van der Waals surface area (Å²) < 4.78 is 2.83. The van der Waals surface area contributed by atoms with Crippen molar-refractivity contribution in [2.75, 3.05) is 5.73 Å². The fraction of sp³-hybridized carbons (Fsp3) is 0.667. The minimum atomic E-state index is 0.444. The van der Waals surface area contributed by atoms with E-state index in [0.717, 1.165) is 16.2 Å². The van der Waals surface area contributed by atoms with Gasteiger partial charge in [0.25, 0.3) is 0 Å². The van der Waals surface area contributed by atoms with Crippen LogP contribution in [0.25, 0.3) is 0 Å². The van der Waals surface area contributed by atoms with Gasteiger partial charge >= 0.3 is 0 Å². The molecular formula is C9H14BrN3. The van der Waals surface area contributed by atoms with Crippen molar-refractivity contribution >= 4 is 21.7 Å². The van der Waals surface area contributed by atoms with Gasteiger partial charge in [-0.1, -0.05) is 6.42 Å². The van der Waals surface area contributed by atoms with Gasteiger partial charge in [-0.2, -0.15) is 5.10 Å². The minimum Gasteiger partial charge on any atom is -0.383 e. The van der Waals surface area contributed by atoms with Gasteiger partial charge in [-0.05, 0) is 41.6 Å². The number of hydrogen-bond donors (Lipinski definition) is 1. The third-order valence-corrected chi connectivity index (χ3v) is 3.62. The van der Waals surface area contributed by atoms with Crippen molar-refractivity contribution in [2.45, 2.75) is 32.2 Å². The van der Waals surface area contributed by atoms with Gasteiger partial charge in [0.1, 0.15) is 5.82 Å². The molecule has 4 heteroatoms. The highest BCUT2D eigenvalue weighted by atomic mass is 79.9. The maximum atomic E-state index is 5.87. The number of nitrogen functional groups attached to an aromatic ring is 1. The SMILES string of the molecule is CC(C1CCC1)n1ncc(Br)c1N. The lowest BCUT2D eigenvalue weighted by Gasteiger charge is -2.31. The summed E-state index contributed by atoms with van der Waals surface area (Å²) in [6, 6.07) is 0.444. The highest BCUT2D eigenvalue weighted by molar-refractivity contribution is 9.10. The zero-order valence-corrected chi connectivity index (χ0v) is 9.29. The van der Waals surface area contributed by atoms with Crippen LogP contribution in [-0.2, 0) is 0 Å². The fourth-order valence-corrected chi connectivity index (χ4v) is 2.07. The normalized spacial score (nSPS) is 19.8. The Morgan fingerprint density at radius 3 is 2.77 bits per heavy atom. The Morgan fingerprint density at radius 1 is 1.69 bits per heavy atom. The predicted octanol–water partition coefficient (Wildman–Crippen LogP) is 2.59. The molecular weight excluding hydrogens is 230 g/mol. The minimum absolute atomic E-state index is 0.444. The average Bonchev–Trinajstić information content (AvgIpc) is 2.29. The van der Waals surface area contributed by atoms with Crippen LogP contribution in [0.3, 0.4) is 0 Å². The molecule has 72 valence electrons. The Bertz CT molecular complexity index is 304. The van der Waals surface area contributed by atoms with E-state index in [0.29, 0.717) is 6.04 Å². The molecule has 1 fully saturated rings. The van der Waals surface area contributed by atoms with Gasteiger partial charge in [0.2, 0.25) is 0 Å². The van der Waals surface area contributed by atoms with Crippen LogP contribution in [0.2, 0.25) is 0 Å². The number of anilines is 1. The second-order valence-corrected chi connectivity index (χ2v) is 4.61. The van der Waals surface area contributed by atoms with Crippen LogP contribution < -0.4 is 5.73 Å². The van der Waals surface area contributed by atoms with Crippen LogP contribution >= 0.6 is 15.9 Å².